The molecular formula is C19H32IN4O7P. The van der Waals surface area contributed by atoms with Gasteiger partial charge in [0.05, 0.1) is 38.9 Å². The van der Waals surface area contributed by atoms with E-state index in [9.17, 15) is 9.59 Å². The summed E-state index contributed by atoms with van der Waals surface area (Å²) < 4.78 is 30.3. The molecule has 3 atom stereocenters. The summed E-state index contributed by atoms with van der Waals surface area (Å²) in [4.78, 5) is 24.6. The van der Waals surface area contributed by atoms with Gasteiger partial charge in [-0.3, -0.25) is 14.3 Å². The molecule has 2 heterocycles. The van der Waals surface area contributed by atoms with Gasteiger partial charge in [-0.1, -0.05) is 0 Å². The van der Waals surface area contributed by atoms with E-state index in [1.807, 2.05) is 0 Å². The number of halogens is 1. The van der Waals surface area contributed by atoms with Crippen molar-refractivity contribution in [1.82, 2.24) is 14.2 Å². The SMILES string of the molecule is COP(OCCC#N)N(C(C)C)C(C)C.O=c1ccn(C2COCC(COI)O2)c(=O)[nH]1. The van der Waals surface area contributed by atoms with Gasteiger partial charge in [0.25, 0.3) is 14.1 Å². The van der Waals surface area contributed by atoms with Crippen molar-refractivity contribution in [2.75, 3.05) is 33.5 Å². The van der Waals surface area contributed by atoms with Gasteiger partial charge in [0.15, 0.2) is 6.23 Å². The fraction of sp³-hybridized carbons (Fsp3) is 0.737. The van der Waals surface area contributed by atoms with Crippen LogP contribution in [0.5, 0.6) is 0 Å². The Hall–Kier alpha value is -0.910. The lowest BCUT2D eigenvalue weighted by molar-refractivity contribution is -0.175. The van der Waals surface area contributed by atoms with E-state index in [4.69, 9.17) is 26.8 Å². The first-order valence-electron chi connectivity index (χ1n) is 10.2. The fourth-order valence-corrected chi connectivity index (χ4v) is 4.75. The molecule has 0 radical (unpaired) electrons. The topological polar surface area (TPSA) is 128 Å². The van der Waals surface area contributed by atoms with E-state index in [1.165, 1.54) is 16.8 Å². The van der Waals surface area contributed by atoms with E-state index in [-0.39, 0.29) is 12.7 Å². The molecule has 0 bridgehead atoms. The molecule has 182 valence electrons. The summed E-state index contributed by atoms with van der Waals surface area (Å²) in [7, 11) is 0.618. The van der Waals surface area contributed by atoms with E-state index in [0.29, 0.717) is 38.3 Å². The highest BCUT2D eigenvalue weighted by atomic mass is 127. The van der Waals surface area contributed by atoms with Crippen molar-refractivity contribution in [2.24, 2.45) is 0 Å². The summed E-state index contributed by atoms with van der Waals surface area (Å²) in [6, 6.07) is 4.07. The van der Waals surface area contributed by atoms with Gasteiger partial charge in [-0.2, -0.15) is 5.26 Å². The number of ether oxygens (including phenoxy) is 2. The molecule has 1 fully saturated rings. The third-order valence-electron chi connectivity index (χ3n) is 4.14. The molecule has 1 aromatic rings. The number of rotatable bonds is 10. The average molecular weight is 586 g/mol. The zero-order valence-electron chi connectivity index (χ0n) is 19.0. The maximum Gasteiger partial charge on any atom is 0.330 e. The summed E-state index contributed by atoms with van der Waals surface area (Å²) in [6.07, 6.45) is 1.04. The van der Waals surface area contributed by atoms with Gasteiger partial charge in [0, 0.05) is 31.5 Å². The summed E-state index contributed by atoms with van der Waals surface area (Å²) in [5, 5.41) is 8.43. The minimum Gasteiger partial charge on any atom is -0.374 e. The molecule has 1 aliphatic rings. The molecule has 0 spiro atoms. The maximum absolute atomic E-state index is 11.5. The lowest BCUT2D eigenvalue weighted by Gasteiger charge is -2.34. The third-order valence-corrected chi connectivity index (χ3v) is 6.52. The molecule has 11 nitrogen and oxygen atoms in total. The molecule has 0 aromatic carbocycles. The molecule has 1 aromatic heterocycles. The summed E-state index contributed by atoms with van der Waals surface area (Å²) >= 11 is 1.77. The van der Waals surface area contributed by atoms with E-state index in [2.05, 4.69) is 43.4 Å². The number of nitriles is 1. The van der Waals surface area contributed by atoms with Crippen molar-refractivity contribution >= 4 is 31.5 Å². The van der Waals surface area contributed by atoms with Crippen LogP contribution in [-0.2, 0) is 21.6 Å². The smallest absolute Gasteiger partial charge is 0.330 e. The lowest BCUT2D eigenvalue weighted by Crippen LogP contribution is -2.41. The Morgan fingerprint density at radius 1 is 1.34 bits per heavy atom. The average Bonchev–Trinajstić information content (AvgIpc) is 2.73. The van der Waals surface area contributed by atoms with E-state index in [1.54, 1.807) is 30.1 Å². The van der Waals surface area contributed by atoms with Crippen LogP contribution in [0.1, 0.15) is 40.3 Å². The maximum atomic E-state index is 11.5. The van der Waals surface area contributed by atoms with Gasteiger partial charge >= 0.3 is 5.69 Å². The van der Waals surface area contributed by atoms with Gasteiger partial charge in [-0.15, -0.1) is 0 Å². The largest absolute Gasteiger partial charge is 0.374 e. The number of nitrogens with zero attached hydrogens (tertiary/aromatic N) is 3. The van der Waals surface area contributed by atoms with E-state index >= 15 is 0 Å². The highest BCUT2D eigenvalue weighted by Crippen LogP contribution is 2.44. The minimum atomic E-state index is -1.03. The van der Waals surface area contributed by atoms with E-state index in [0.717, 1.165) is 0 Å². The zero-order chi connectivity index (χ0) is 24.1. The molecule has 2 rings (SSSR count). The van der Waals surface area contributed by atoms with Crippen molar-refractivity contribution in [2.45, 2.75) is 58.5 Å². The number of H-pyrrole nitrogens is 1. The van der Waals surface area contributed by atoms with Gasteiger partial charge in [0.1, 0.15) is 29.1 Å². The Bertz CT molecular complexity index is 804. The molecular weight excluding hydrogens is 554 g/mol. The molecule has 1 aliphatic heterocycles. The van der Waals surface area contributed by atoms with Crippen molar-refractivity contribution in [3.8, 4) is 6.07 Å². The van der Waals surface area contributed by atoms with Gasteiger partial charge in [0.2, 0.25) is 0 Å². The van der Waals surface area contributed by atoms with Crippen LogP contribution in [-0.4, -0.2) is 65.9 Å². The second-order valence-corrected chi connectivity index (χ2v) is 9.46. The zero-order valence-corrected chi connectivity index (χ0v) is 22.1. The summed E-state index contributed by atoms with van der Waals surface area (Å²) in [5.41, 5.74) is -0.947. The molecule has 32 heavy (non-hydrogen) atoms. The Balaban J connectivity index is 0.000000324. The first kappa shape index (κ1) is 29.1. The second kappa shape index (κ2) is 15.8. The molecule has 0 aliphatic carbocycles. The van der Waals surface area contributed by atoms with Crippen LogP contribution in [0.25, 0.3) is 0 Å². The van der Waals surface area contributed by atoms with Crippen LogP contribution in [0.4, 0.5) is 0 Å². The van der Waals surface area contributed by atoms with Crippen LogP contribution in [0, 0.1) is 11.3 Å². The molecule has 13 heteroatoms. The first-order valence-corrected chi connectivity index (χ1v) is 12.2. The van der Waals surface area contributed by atoms with Crippen molar-refractivity contribution < 1.29 is 21.6 Å². The van der Waals surface area contributed by atoms with E-state index < -0.39 is 26.0 Å². The normalized spacial score (nSPS) is 19.5. The highest BCUT2D eigenvalue weighted by molar-refractivity contribution is 14.1. The predicted octanol–water partition coefficient (Wildman–Crippen LogP) is 2.73. The van der Waals surface area contributed by atoms with Gasteiger partial charge in [-0.25, -0.2) is 9.46 Å². The van der Waals surface area contributed by atoms with Crippen LogP contribution >= 0.6 is 31.5 Å². The molecule has 1 N–H and O–H groups in total. The van der Waals surface area contributed by atoms with Crippen molar-refractivity contribution in [3.63, 3.8) is 0 Å². The van der Waals surface area contributed by atoms with Crippen LogP contribution in [0.3, 0.4) is 0 Å². The molecule has 3 unspecified atom stereocenters. The van der Waals surface area contributed by atoms with Crippen LogP contribution in [0.2, 0.25) is 0 Å². The highest BCUT2D eigenvalue weighted by Gasteiger charge is 2.26. The molecule has 1 saturated heterocycles. The predicted molar refractivity (Wildman–Crippen MR) is 128 cm³/mol. The Labute approximate surface area is 203 Å². The van der Waals surface area contributed by atoms with Crippen LogP contribution in [0.15, 0.2) is 21.9 Å². The van der Waals surface area contributed by atoms with Crippen LogP contribution < -0.4 is 11.2 Å². The Kier molecular flexibility index (Phi) is 14.4. The van der Waals surface area contributed by atoms with Gasteiger partial charge in [-0.05, 0) is 27.7 Å². The minimum absolute atomic E-state index is 0.218. The van der Waals surface area contributed by atoms with Gasteiger partial charge < -0.3 is 21.6 Å². The fourth-order valence-electron chi connectivity index (χ4n) is 2.92. The number of nitrogens with one attached hydrogen (secondary N) is 1. The summed E-state index contributed by atoms with van der Waals surface area (Å²) in [6.45, 7) is 9.97. The number of hydrogen-bond acceptors (Lipinski definition) is 9. The van der Waals surface area contributed by atoms with Crippen molar-refractivity contribution in [3.05, 3.63) is 33.1 Å². The standard InChI is InChI=1S/C10H21N2O2P.C9H11IN2O5/c1-9(2)12(10(3)4)15(13-5)14-8-6-7-11;10-16-4-6-3-15-5-8(17-6)12-2-1-7(13)11-9(12)14/h9-10H,6,8H2,1-5H3;1-2,6,8H,3-5H2,(H,11,13,14). The lowest BCUT2D eigenvalue weighted by atomic mass is 10.3. The quantitative estimate of drug-likeness (QED) is 0.250. The van der Waals surface area contributed by atoms with Crippen molar-refractivity contribution in [1.29, 1.82) is 5.26 Å². The molecule has 0 saturated carbocycles. The monoisotopic (exact) mass is 586 g/mol. The third kappa shape index (κ3) is 9.93. The Morgan fingerprint density at radius 3 is 2.56 bits per heavy atom. The summed E-state index contributed by atoms with van der Waals surface area (Å²) in [5.74, 6) is 0. The number of hydrogen-bond donors (Lipinski definition) is 1. The molecule has 0 amide bonds. The number of aromatic amines is 1. The Morgan fingerprint density at radius 2 is 2.03 bits per heavy atom. The number of aromatic nitrogens is 2. The first-order chi connectivity index (χ1) is 15.2. The second-order valence-electron chi connectivity index (χ2n) is 7.27.